The molecule has 0 amide bonds. The van der Waals surface area contributed by atoms with Crippen molar-refractivity contribution in [3.05, 3.63) is 29.3 Å². The number of aliphatic hydroxyl groups is 1. The Morgan fingerprint density at radius 2 is 2.05 bits per heavy atom. The Morgan fingerprint density at radius 3 is 2.65 bits per heavy atom. The number of phenolic OH excluding ortho intramolecular Hbond substituents is 1. The fraction of sp³-hybridized carbons (Fsp3) is 0.625. The molecule has 4 nitrogen and oxygen atoms in total. The van der Waals surface area contributed by atoms with Crippen LogP contribution >= 0.6 is 0 Å². The highest BCUT2D eigenvalue weighted by atomic mass is 16.5. The molecule has 2 unspecified atom stereocenters. The second-order valence-corrected chi connectivity index (χ2v) is 5.65. The van der Waals surface area contributed by atoms with Crippen LogP contribution in [0.2, 0.25) is 0 Å². The lowest BCUT2D eigenvalue weighted by Crippen LogP contribution is -2.76. The van der Waals surface area contributed by atoms with E-state index < -0.39 is 0 Å². The Kier molecular flexibility index (Phi) is 4.68. The van der Waals surface area contributed by atoms with Crippen molar-refractivity contribution in [1.29, 1.82) is 0 Å². The van der Waals surface area contributed by atoms with Crippen molar-refractivity contribution in [2.45, 2.75) is 50.7 Å². The maximum absolute atomic E-state index is 9.82. The smallest absolute Gasteiger partial charge is 0.121 e. The molecule has 112 valence electrons. The van der Waals surface area contributed by atoms with Gasteiger partial charge < -0.3 is 20.7 Å². The third-order valence-electron chi connectivity index (χ3n) is 4.89. The summed E-state index contributed by atoms with van der Waals surface area (Å²) in [5.74, 6) is 0.317. The highest BCUT2D eigenvalue weighted by molar-refractivity contribution is 5.44. The first kappa shape index (κ1) is 15.3. The number of aliphatic hydroxyl groups excluding tert-OH is 1. The van der Waals surface area contributed by atoms with Gasteiger partial charge in [0.15, 0.2) is 0 Å². The van der Waals surface area contributed by atoms with E-state index in [0.717, 1.165) is 19.3 Å². The second kappa shape index (κ2) is 6.12. The molecule has 1 aromatic rings. The zero-order valence-corrected chi connectivity index (χ0v) is 12.4. The maximum Gasteiger partial charge on any atom is 0.121 e. The van der Waals surface area contributed by atoms with Crippen molar-refractivity contribution >= 4 is 0 Å². The minimum Gasteiger partial charge on any atom is -0.508 e. The Labute approximate surface area is 120 Å². The van der Waals surface area contributed by atoms with E-state index in [2.05, 4.69) is 19.6 Å². The highest BCUT2D eigenvalue weighted by Gasteiger charge is 2.48. The second-order valence-electron chi connectivity index (χ2n) is 5.65. The molecule has 0 aromatic heterocycles. The van der Waals surface area contributed by atoms with Crippen molar-refractivity contribution in [1.82, 2.24) is 0 Å². The zero-order chi connectivity index (χ0) is 14.8. The Bertz CT molecular complexity index is 457. The van der Waals surface area contributed by atoms with E-state index in [9.17, 15) is 5.11 Å². The first-order valence-electron chi connectivity index (χ1n) is 7.47. The van der Waals surface area contributed by atoms with Crippen LogP contribution in [0.5, 0.6) is 5.75 Å². The first-order valence-corrected chi connectivity index (χ1v) is 7.47. The molecule has 0 fully saturated rings. The average Bonchev–Trinajstić information content (AvgIpc) is 2.46. The molecule has 0 saturated heterocycles. The molecule has 1 aliphatic carbocycles. The lowest BCUT2D eigenvalue weighted by atomic mass is 9.63. The molecule has 0 radical (unpaired) electrons. The zero-order valence-electron chi connectivity index (χ0n) is 12.4. The van der Waals surface area contributed by atoms with Gasteiger partial charge >= 0.3 is 0 Å². The van der Waals surface area contributed by atoms with Crippen molar-refractivity contribution < 1.29 is 20.7 Å². The van der Waals surface area contributed by atoms with Crippen molar-refractivity contribution in [2.75, 3.05) is 13.2 Å². The molecule has 20 heavy (non-hydrogen) atoms. The average molecular weight is 280 g/mol. The molecular weight excluding hydrogens is 254 g/mol. The van der Waals surface area contributed by atoms with Crippen LogP contribution in [-0.2, 0) is 16.6 Å². The van der Waals surface area contributed by atoms with E-state index in [0.29, 0.717) is 12.4 Å². The number of aromatic hydroxyl groups is 1. The van der Waals surface area contributed by atoms with Crippen molar-refractivity contribution in [2.24, 2.45) is 0 Å². The van der Waals surface area contributed by atoms with Gasteiger partial charge in [0.25, 0.3) is 0 Å². The molecule has 4 heteroatoms. The summed E-state index contributed by atoms with van der Waals surface area (Å²) in [6, 6.07) is 5.74. The largest absolute Gasteiger partial charge is 0.508 e. The molecule has 5 N–H and O–H groups in total. The van der Waals surface area contributed by atoms with Gasteiger partial charge in [0.05, 0.1) is 13.2 Å². The van der Waals surface area contributed by atoms with Crippen LogP contribution in [0, 0.1) is 0 Å². The SMILES string of the molecule is CCC1(CC)c2cc(O)ccc2CC(OCCO)C1[NH3+]. The summed E-state index contributed by atoms with van der Waals surface area (Å²) in [6.45, 7) is 4.73. The Morgan fingerprint density at radius 1 is 1.35 bits per heavy atom. The lowest BCUT2D eigenvalue weighted by Gasteiger charge is -2.44. The van der Waals surface area contributed by atoms with Crippen LogP contribution in [0.15, 0.2) is 18.2 Å². The van der Waals surface area contributed by atoms with Crippen LogP contribution in [0.25, 0.3) is 0 Å². The van der Waals surface area contributed by atoms with E-state index in [1.54, 1.807) is 6.07 Å². The lowest BCUT2D eigenvalue weighted by molar-refractivity contribution is -0.460. The number of rotatable bonds is 5. The normalized spacial score (nSPS) is 24.4. The van der Waals surface area contributed by atoms with Gasteiger partial charge in [0.2, 0.25) is 0 Å². The van der Waals surface area contributed by atoms with Gasteiger partial charge in [-0.2, -0.15) is 0 Å². The van der Waals surface area contributed by atoms with E-state index in [1.165, 1.54) is 11.1 Å². The van der Waals surface area contributed by atoms with E-state index in [1.807, 2.05) is 12.1 Å². The fourth-order valence-corrected chi connectivity index (χ4v) is 3.65. The quantitative estimate of drug-likeness (QED) is 0.753. The first-order chi connectivity index (χ1) is 9.58. The predicted octanol–water partition coefficient (Wildman–Crippen LogP) is 0.994. The van der Waals surface area contributed by atoms with E-state index in [-0.39, 0.29) is 24.2 Å². The third-order valence-corrected chi connectivity index (χ3v) is 4.89. The summed E-state index contributed by atoms with van der Waals surface area (Å²) < 4.78 is 5.82. The van der Waals surface area contributed by atoms with Crippen LogP contribution in [0.3, 0.4) is 0 Å². The van der Waals surface area contributed by atoms with Gasteiger partial charge in [-0.15, -0.1) is 0 Å². The number of hydrogen-bond acceptors (Lipinski definition) is 3. The summed E-state index contributed by atoms with van der Waals surface area (Å²) in [7, 11) is 0. The summed E-state index contributed by atoms with van der Waals surface area (Å²) in [6.07, 6.45) is 2.75. The van der Waals surface area contributed by atoms with Crippen LogP contribution in [0.4, 0.5) is 0 Å². The van der Waals surface area contributed by atoms with Crippen molar-refractivity contribution in [3.63, 3.8) is 0 Å². The van der Waals surface area contributed by atoms with E-state index >= 15 is 0 Å². The molecule has 2 rings (SSSR count). The number of hydrogen-bond donors (Lipinski definition) is 3. The number of quaternary nitrogens is 1. The van der Waals surface area contributed by atoms with Crippen LogP contribution in [0.1, 0.15) is 37.8 Å². The molecule has 2 atom stereocenters. The standard InChI is InChI=1S/C16H25NO3/c1-3-16(4-2)13-10-12(19)6-5-11(13)9-14(15(16)17)20-8-7-18/h5-6,10,14-15,18-19H,3-4,7-9,17H2,1-2H3/p+1. The van der Waals surface area contributed by atoms with Gasteiger partial charge in [-0.3, -0.25) is 0 Å². The van der Waals surface area contributed by atoms with Gasteiger partial charge in [0, 0.05) is 11.8 Å². The summed E-state index contributed by atoms with van der Waals surface area (Å²) in [5.41, 5.74) is 6.75. The maximum atomic E-state index is 9.82. The monoisotopic (exact) mass is 280 g/mol. The third kappa shape index (κ3) is 2.43. The number of ether oxygens (including phenoxy) is 1. The molecule has 0 saturated carbocycles. The number of phenols is 1. The van der Waals surface area contributed by atoms with Gasteiger partial charge in [-0.05, 0) is 36.1 Å². The molecule has 0 heterocycles. The molecule has 0 aliphatic heterocycles. The molecular formula is C16H26NO3+. The fourth-order valence-electron chi connectivity index (χ4n) is 3.65. The van der Waals surface area contributed by atoms with Crippen molar-refractivity contribution in [3.8, 4) is 5.75 Å². The number of fused-ring (bicyclic) bond motifs is 1. The summed E-state index contributed by atoms with van der Waals surface area (Å²) in [5, 5.41) is 18.8. The Balaban J connectivity index is 2.45. The topological polar surface area (TPSA) is 77.3 Å². The van der Waals surface area contributed by atoms with Crippen LogP contribution < -0.4 is 5.73 Å². The van der Waals surface area contributed by atoms with Gasteiger partial charge in [-0.1, -0.05) is 19.9 Å². The minimum absolute atomic E-state index is 0.0269. The van der Waals surface area contributed by atoms with E-state index in [4.69, 9.17) is 9.84 Å². The summed E-state index contributed by atoms with van der Waals surface area (Å²) in [4.78, 5) is 0. The Hall–Kier alpha value is -1.10. The van der Waals surface area contributed by atoms with Gasteiger partial charge in [0.1, 0.15) is 17.9 Å². The minimum atomic E-state index is -0.0630. The molecule has 0 spiro atoms. The number of benzene rings is 1. The van der Waals surface area contributed by atoms with Crippen LogP contribution in [-0.4, -0.2) is 35.6 Å². The van der Waals surface area contributed by atoms with Gasteiger partial charge in [-0.25, -0.2) is 0 Å². The molecule has 1 aliphatic rings. The summed E-state index contributed by atoms with van der Waals surface area (Å²) >= 11 is 0. The molecule has 1 aromatic carbocycles. The predicted molar refractivity (Wildman–Crippen MR) is 77.6 cm³/mol. The highest BCUT2D eigenvalue weighted by Crippen LogP contribution is 2.43. The molecule has 0 bridgehead atoms.